The van der Waals surface area contributed by atoms with Crippen molar-refractivity contribution in [3.05, 3.63) is 29.8 Å². The highest BCUT2D eigenvalue weighted by molar-refractivity contribution is 5.39. The SMILES string of the molecule is CC1(C#CCN2CCCCCC2)CCC2C(O1)c1ccccc1OC2(C)C. The van der Waals surface area contributed by atoms with Crippen LogP contribution in [0.4, 0.5) is 0 Å². The molecule has 0 aliphatic carbocycles. The topological polar surface area (TPSA) is 21.7 Å². The van der Waals surface area contributed by atoms with Gasteiger partial charge in [0.1, 0.15) is 17.0 Å². The third-order valence-corrected chi connectivity index (χ3v) is 6.53. The minimum atomic E-state index is -0.368. The van der Waals surface area contributed by atoms with Crippen LogP contribution in [0.25, 0.3) is 0 Å². The Kier molecular flexibility index (Phi) is 5.23. The molecule has 3 atom stereocenters. The van der Waals surface area contributed by atoms with E-state index in [0.717, 1.165) is 25.1 Å². The Bertz CT molecular complexity index is 723. The maximum Gasteiger partial charge on any atom is 0.126 e. The molecule has 0 radical (unpaired) electrons. The Labute approximate surface area is 164 Å². The second kappa shape index (κ2) is 7.49. The quantitative estimate of drug-likeness (QED) is 0.655. The number of likely N-dealkylation sites (tertiary alicyclic amines) is 1. The molecule has 3 unspecified atom stereocenters. The van der Waals surface area contributed by atoms with Crippen LogP contribution in [0.1, 0.15) is 71.0 Å². The minimum Gasteiger partial charge on any atom is -0.487 e. The second-order valence-electron chi connectivity index (χ2n) is 9.15. The molecule has 0 amide bonds. The smallest absolute Gasteiger partial charge is 0.126 e. The molecule has 3 heterocycles. The summed E-state index contributed by atoms with van der Waals surface area (Å²) in [6.45, 7) is 9.81. The summed E-state index contributed by atoms with van der Waals surface area (Å²) in [6, 6.07) is 8.34. The van der Waals surface area contributed by atoms with Gasteiger partial charge in [0.05, 0.1) is 12.6 Å². The molecular formula is C24H33NO2. The molecule has 0 aromatic heterocycles. The number of rotatable bonds is 1. The van der Waals surface area contributed by atoms with Crippen LogP contribution in [0.15, 0.2) is 24.3 Å². The number of ether oxygens (including phenoxy) is 2. The van der Waals surface area contributed by atoms with Gasteiger partial charge in [-0.15, -0.1) is 0 Å². The lowest BCUT2D eigenvalue weighted by Crippen LogP contribution is -2.50. The van der Waals surface area contributed by atoms with E-state index in [1.54, 1.807) is 0 Å². The molecule has 0 saturated carbocycles. The summed E-state index contributed by atoms with van der Waals surface area (Å²) >= 11 is 0. The number of para-hydroxylation sites is 1. The van der Waals surface area contributed by atoms with E-state index in [-0.39, 0.29) is 17.3 Å². The van der Waals surface area contributed by atoms with Gasteiger partial charge >= 0.3 is 0 Å². The molecule has 2 fully saturated rings. The third kappa shape index (κ3) is 4.03. The molecule has 3 aliphatic heterocycles. The Morgan fingerprint density at radius 3 is 2.59 bits per heavy atom. The van der Waals surface area contributed by atoms with Gasteiger partial charge in [-0.25, -0.2) is 0 Å². The van der Waals surface area contributed by atoms with Crippen molar-refractivity contribution in [1.29, 1.82) is 0 Å². The van der Waals surface area contributed by atoms with Crippen molar-refractivity contribution < 1.29 is 9.47 Å². The first-order chi connectivity index (χ1) is 13.0. The Morgan fingerprint density at radius 1 is 1.07 bits per heavy atom. The lowest BCUT2D eigenvalue weighted by Gasteiger charge is -2.50. The van der Waals surface area contributed by atoms with Crippen molar-refractivity contribution in [3.8, 4) is 17.6 Å². The van der Waals surface area contributed by atoms with Crippen LogP contribution in [-0.4, -0.2) is 35.7 Å². The van der Waals surface area contributed by atoms with Gasteiger partial charge in [0.25, 0.3) is 0 Å². The number of benzene rings is 1. The number of fused-ring (bicyclic) bond motifs is 3. The molecule has 1 aromatic carbocycles. The number of hydrogen-bond acceptors (Lipinski definition) is 3. The monoisotopic (exact) mass is 367 g/mol. The predicted octanol–water partition coefficient (Wildman–Crippen LogP) is 4.96. The molecule has 146 valence electrons. The van der Waals surface area contributed by atoms with Crippen LogP contribution in [0, 0.1) is 17.8 Å². The van der Waals surface area contributed by atoms with Gasteiger partial charge in [-0.2, -0.15) is 0 Å². The van der Waals surface area contributed by atoms with E-state index in [0.29, 0.717) is 5.92 Å². The molecule has 4 rings (SSSR count). The summed E-state index contributed by atoms with van der Waals surface area (Å²) in [7, 11) is 0. The summed E-state index contributed by atoms with van der Waals surface area (Å²) < 4.78 is 13.0. The lowest BCUT2D eigenvalue weighted by atomic mass is 9.73. The van der Waals surface area contributed by atoms with E-state index in [9.17, 15) is 0 Å². The zero-order valence-electron chi connectivity index (χ0n) is 17.1. The molecule has 27 heavy (non-hydrogen) atoms. The fourth-order valence-corrected chi connectivity index (χ4v) is 4.89. The first-order valence-electron chi connectivity index (χ1n) is 10.7. The van der Waals surface area contributed by atoms with E-state index in [1.165, 1.54) is 44.3 Å². The summed E-state index contributed by atoms with van der Waals surface area (Å²) in [6.07, 6.45) is 7.47. The van der Waals surface area contributed by atoms with E-state index in [2.05, 4.69) is 55.7 Å². The standard InChI is InChI=1S/C24H33NO2/c1-23(2)20-13-15-24(3,14-10-18-25-16-8-4-5-9-17-25)27-22(20)19-11-6-7-12-21(19)26-23/h6-7,11-12,20,22H,4-5,8-9,13,15-18H2,1-3H3. The van der Waals surface area contributed by atoms with Crippen molar-refractivity contribution in [2.75, 3.05) is 19.6 Å². The van der Waals surface area contributed by atoms with Crippen LogP contribution in [0.2, 0.25) is 0 Å². The molecule has 0 spiro atoms. The molecule has 0 N–H and O–H groups in total. The van der Waals surface area contributed by atoms with Crippen molar-refractivity contribution in [3.63, 3.8) is 0 Å². The molecule has 3 aliphatic rings. The summed E-state index contributed by atoms with van der Waals surface area (Å²) in [5, 5.41) is 0. The maximum absolute atomic E-state index is 6.68. The van der Waals surface area contributed by atoms with Gasteiger partial charge in [-0.05, 0) is 65.6 Å². The van der Waals surface area contributed by atoms with Gasteiger partial charge in [-0.3, -0.25) is 4.90 Å². The van der Waals surface area contributed by atoms with Crippen LogP contribution in [-0.2, 0) is 4.74 Å². The average molecular weight is 368 g/mol. The van der Waals surface area contributed by atoms with E-state index < -0.39 is 0 Å². The van der Waals surface area contributed by atoms with E-state index >= 15 is 0 Å². The van der Waals surface area contributed by atoms with Gasteiger partial charge in [-0.1, -0.05) is 42.9 Å². The van der Waals surface area contributed by atoms with E-state index in [1.807, 2.05) is 6.07 Å². The van der Waals surface area contributed by atoms with Crippen molar-refractivity contribution in [2.45, 2.75) is 76.6 Å². The zero-order chi connectivity index (χ0) is 18.9. The number of hydrogen-bond donors (Lipinski definition) is 0. The summed E-state index contributed by atoms with van der Waals surface area (Å²) in [5.74, 6) is 8.29. The first kappa shape index (κ1) is 18.8. The largest absolute Gasteiger partial charge is 0.487 e. The molecule has 3 nitrogen and oxygen atoms in total. The summed E-state index contributed by atoms with van der Waals surface area (Å²) in [5.41, 5.74) is 0.606. The van der Waals surface area contributed by atoms with Crippen LogP contribution in [0.3, 0.4) is 0 Å². The second-order valence-corrected chi connectivity index (χ2v) is 9.15. The zero-order valence-corrected chi connectivity index (χ0v) is 17.1. The lowest BCUT2D eigenvalue weighted by molar-refractivity contribution is -0.169. The van der Waals surface area contributed by atoms with Gasteiger partial charge in [0, 0.05) is 11.5 Å². The highest BCUT2D eigenvalue weighted by atomic mass is 16.5. The fraction of sp³-hybridized carbons (Fsp3) is 0.667. The maximum atomic E-state index is 6.68. The van der Waals surface area contributed by atoms with Crippen LogP contribution >= 0.6 is 0 Å². The fourth-order valence-electron chi connectivity index (χ4n) is 4.89. The van der Waals surface area contributed by atoms with Crippen LogP contribution < -0.4 is 4.74 Å². The molecule has 2 saturated heterocycles. The van der Waals surface area contributed by atoms with Crippen molar-refractivity contribution in [2.24, 2.45) is 5.92 Å². The Balaban J connectivity index is 1.50. The molecule has 3 heteroatoms. The van der Waals surface area contributed by atoms with Crippen LogP contribution in [0.5, 0.6) is 5.75 Å². The third-order valence-electron chi connectivity index (χ3n) is 6.53. The van der Waals surface area contributed by atoms with Crippen molar-refractivity contribution >= 4 is 0 Å². The molecule has 0 bridgehead atoms. The van der Waals surface area contributed by atoms with E-state index in [4.69, 9.17) is 9.47 Å². The average Bonchev–Trinajstić information content (AvgIpc) is 2.90. The molecule has 1 aromatic rings. The van der Waals surface area contributed by atoms with Crippen molar-refractivity contribution in [1.82, 2.24) is 4.90 Å². The van der Waals surface area contributed by atoms with Gasteiger partial charge < -0.3 is 9.47 Å². The van der Waals surface area contributed by atoms with Gasteiger partial charge in [0.15, 0.2) is 0 Å². The molecular weight excluding hydrogens is 334 g/mol. The highest BCUT2D eigenvalue weighted by Crippen LogP contribution is 2.52. The minimum absolute atomic E-state index is 0.0659. The normalized spacial score (nSPS) is 32.9. The predicted molar refractivity (Wildman–Crippen MR) is 109 cm³/mol. The highest BCUT2D eigenvalue weighted by Gasteiger charge is 2.49. The Morgan fingerprint density at radius 2 is 1.81 bits per heavy atom. The number of nitrogens with zero attached hydrogens (tertiary/aromatic N) is 1. The van der Waals surface area contributed by atoms with Gasteiger partial charge in [0.2, 0.25) is 0 Å². The Hall–Kier alpha value is -1.50. The summed E-state index contributed by atoms with van der Waals surface area (Å²) in [4.78, 5) is 2.50. The first-order valence-corrected chi connectivity index (χ1v) is 10.7.